The maximum absolute atomic E-state index is 6.57. The van der Waals surface area contributed by atoms with Crippen molar-refractivity contribution in [3.63, 3.8) is 0 Å². The van der Waals surface area contributed by atoms with Crippen LogP contribution in [0, 0.1) is 0 Å². The zero-order chi connectivity index (χ0) is 61.7. The van der Waals surface area contributed by atoms with Gasteiger partial charge >= 0.3 is 0 Å². The Morgan fingerprint density at radius 3 is 1.41 bits per heavy atom. The minimum atomic E-state index is -0.158. The topological polar surface area (TPSA) is 36.2 Å². The van der Waals surface area contributed by atoms with Crippen molar-refractivity contribution in [1.82, 2.24) is 21.7 Å². The average Bonchev–Trinajstić information content (AvgIpc) is 1.51. The van der Waals surface area contributed by atoms with Crippen LogP contribution in [0.3, 0.4) is 0 Å². The van der Waals surface area contributed by atoms with Gasteiger partial charge in [-0.1, -0.05) is 242 Å². The van der Waals surface area contributed by atoms with Gasteiger partial charge in [0.15, 0.2) is 5.58 Å². The summed E-state index contributed by atoms with van der Waals surface area (Å²) in [5.41, 5.74) is 24.4. The van der Waals surface area contributed by atoms with Crippen LogP contribution in [-0.4, -0.2) is 21.7 Å². The van der Waals surface area contributed by atoms with Crippen molar-refractivity contribution in [3.05, 3.63) is 303 Å². The third kappa shape index (κ3) is 6.92. The van der Waals surface area contributed by atoms with Crippen LogP contribution in [-0.2, 0) is 5.54 Å². The van der Waals surface area contributed by atoms with E-state index in [1.165, 1.54) is 158 Å². The van der Waals surface area contributed by atoms with Gasteiger partial charge in [-0.25, -0.2) is 0 Å². The summed E-state index contributed by atoms with van der Waals surface area (Å²) in [4.78, 5) is 0. The number of benzene rings is 14. The fourth-order valence-corrected chi connectivity index (χ4v) is 17.8. The number of furan rings is 1. The molecular formula is C87H55N5OS. The summed E-state index contributed by atoms with van der Waals surface area (Å²) >= 11 is 1.83. The number of nitrogens with zero attached hydrogens (tertiary/aromatic N) is 5. The molecular weight excluding hydrogens is 1160 g/mol. The molecule has 1 aliphatic heterocycles. The van der Waals surface area contributed by atoms with Crippen LogP contribution in [0.1, 0.15) is 19.4 Å². The largest absolute Gasteiger partial charge is 0.454 e. The molecule has 0 saturated heterocycles. The smallest absolute Gasteiger partial charge is 0.160 e. The molecule has 0 N–H and O–H groups in total. The van der Waals surface area contributed by atoms with Gasteiger partial charge in [0.2, 0.25) is 0 Å². The van der Waals surface area contributed by atoms with E-state index in [-0.39, 0.29) is 5.54 Å². The van der Waals surface area contributed by atoms with Gasteiger partial charge in [0, 0.05) is 92.2 Å². The number of hydrogen-bond donors (Lipinski definition) is 0. The van der Waals surface area contributed by atoms with Crippen LogP contribution in [0.2, 0.25) is 0 Å². The molecule has 0 radical (unpaired) electrons. The highest BCUT2D eigenvalue weighted by Gasteiger charge is 2.35. The van der Waals surface area contributed by atoms with E-state index in [0.717, 1.165) is 33.1 Å². The Hall–Kier alpha value is -11.9. The molecule has 0 aliphatic carbocycles. The number of aromatic nitrogens is 5. The zero-order valence-corrected chi connectivity index (χ0v) is 52.2. The lowest BCUT2D eigenvalue weighted by Crippen LogP contribution is -2.27. The summed E-state index contributed by atoms with van der Waals surface area (Å²) in [7, 11) is 0. The van der Waals surface area contributed by atoms with Crippen molar-refractivity contribution in [1.29, 1.82) is 0 Å². The SMILES string of the molecule is CC1(C)c2cccc3c4cccc5c6ccc7c8ccccc8n1c7c6n(c23)c45.c1ccc(-c2cc(-c3ccccc3)cc(-n3c4ccccc4c4ccc5c6ccccc6oc5c43)c2)cc1.c1ccc2c(c1)sn1c3ccccc3c3ccc4c5ccccc5n2c4c31. The van der Waals surface area contributed by atoms with Crippen LogP contribution in [0.15, 0.2) is 302 Å². The van der Waals surface area contributed by atoms with Gasteiger partial charge in [-0.05, 0) is 103 Å². The molecule has 8 aromatic heterocycles. The summed E-state index contributed by atoms with van der Waals surface area (Å²) in [6, 6.07) is 108. The number of rotatable bonds is 3. The number of fused-ring (bicyclic) bond motifs is 20. The van der Waals surface area contributed by atoms with E-state index in [9.17, 15) is 0 Å². The van der Waals surface area contributed by atoms with Crippen LogP contribution >= 0.6 is 11.5 Å². The second kappa shape index (κ2) is 19.1. The fourth-order valence-electron chi connectivity index (χ4n) is 16.7. The molecule has 0 fully saturated rings. The second-order valence-corrected chi connectivity index (χ2v) is 26.9. The van der Waals surface area contributed by atoms with E-state index < -0.39 is 0 Å². The molecule has 440 valence electrons. The third-order valence-electron chi connectivity index (χ3n) is 20.6. The molecule has 0 atom stereocenters. The quantitative estimate of drug-likeness (QED) is 0.174. The molecule has 1 aliphatic rings. The molecule has 6 nitrogen and oxygen atoms in total. The minimum absolute atomic E-state index is 0.158. The summed E-state index contributed by atoms with van der Waals surface area (Å²) < 4.78 is 20.3. The Bertz CT molecular complexity index is 6890. The predicted molar refractivity (Wildman–Crippen MR) is 398 cm³/mol. The summed E-state index contributed by atoms with van der Waals surface area (Å²) in [5.74, 6) is 0. The van der Waals surface area contributed by atoms with Gasteiger partial charge < -0.3 is 22.4 Å². The van der Waals surface area contributed by atoms with Crippen molar-refractivity contribution >= 4 is 169 Å². The highest BCUT2D eigenvalue weighted by molar-refractivity contribution is 7.13. The van der Waals surface area contributed by atoms with E-state index in [4.69, 9.17) is 4.42 Å². The van der Waals surface area contributed by atoms with Gasteiger partial charge in [-0.2, -0.15) is 0 Å². The maximum atomic E-state index is 6.57. The van der Waals surface area contributed by atoms with E-state index in [0.29, 0.717) is 0 Å². The van der Waals surface area contributed by atoms with Crippen LogP contribution in [0.25, 0.3) is 185 Å². The first-order chi connectivity index (χ1) is 46.4. The minimum Gasteiger partial charge on any atom is -0.454 e. The van der Waals surface area contributed by atoms with Gasteiger partial charge in [-0.15, -0.1) is 0 Å². The van der Waals surface area contributed by atoms with Crippen LogP contribution in [0.5, 0.6) is 0 Å². The van der Waals surface area contributed by atoms with Crippen molar-refractivity contribution in [2.75, 3.05) is 0 Å². The van der Waals surface area contributed by atoms with E-state index in [1.807, 2.05) is 17.6 Å². The average molecular weight is 1220 g/mol. The van der Waals surface area contributed by atoms with E-state index in [2.05, 4.69) is 327 Å². The Morgan fingerprint density at radius 1 is 0.287 bits per heavy atom. The summed E-state index contributed by atoms with van der Waals surface area (Å²) in [5, 5.41) is 18.1. The first kappa shape index (κ1) is 51.8. The number of para-hydroxylation sites is 8. The molecule has 0 amide bonds. The molecule has 0 saturated carbocycles. The van der Waals surface area contributed by atoms with Crippen molar-refractivity contribution < 1.29 is 4.42 Å². The summed E-state index contributed by atoms with van der Waals surface area (Å²) in [6.45, 7) is 4.75. The van der Waals surface area contributed by atoms with Crippen molar-refractivity contribution in [2.45, 2.75) is 19.4 Å². The molecule has 94 heavy (non-hydrogen) atoms. The fraction of sp³-hybridized carbons (Fsp3) is 0.0345. The molecule has 7 heteroatoms. The zero-order valence-electron chi connectivity index (χ0n) is 51.3. The van der Waals surface area contributed by atoms with Gasteiger partial charge in [-0.3, -0.25) is 3.79 Å². The van der Waals surface area contributed by atoms with E-state index in [1.54, 1.807) is 0 Å². The Labute approximate surface area is 541 Å². The molecule has 22 aromatic rings. The number of hydrogen-bond acceptors (Lipinski definition) is 2. The Morgan fingerprint density at radius 2 is 0.734 bits per heavy atom. The highest BCUT2D eigenvalue weighted by Crippen LogP contribution is 2.51. The lowest BCUT2D eigenvalue weighted by molar-refractivity contribution is 0.470. The van der Waals surface area contributed by atoms with Crippen molar-refractivity contribution in [3.8, 4) is 27.9 Å². The third-order valence-corrected chi connectivity index (χ3v) is 21.7. The van der Waals surface area contributed by atoms with Crippen LogP contribution < -0.4 is 0 Å². The van der Waals surface area contributed by atoms with Crippen LogP contribution in [0.4, 0.5) is 0 Å². The van der Waals surface area contributed by atoms with Gasteiger partial charge in [0.1, 0.15) is 5.58 Å². The predicted octanol–water partition coefficient (Wildman–Crippen LogP) is 23.9. The molecule has 23 rings (SSSR count). The Balaban J connectivity index is 0.0000000959. The molecule has 14 aromatic carbocycles. The molecule has 9 heterocycles. The first-order valence-electron chi connectivity index (χ1n) is 32.4. The highest BCUT2D eigenvalue weighted by atomic mass is 32.1. The Kier molecular flexibility index (Phi) is 10.5. The standard InChI is InChI=1S/C36H23NO.C27H18N2.C24H14N2S/c1-3-11-24(12-4-1)26-21-27(25-13-5-2-6-14-25)23-28(22-26)37-33-17-9-7-15-29(33)31-19-20-32-30-16-8-10-18-34(30)38-36(32)35(31)37;1-27(2)21-11-6-10-18-16-8-5-9-17-20-14-13-19-15-7-3-4-12-22(15)29(27)26(19)25(20)28(23(16)17)24(18)21;1-3-9-19-15(7-1)17-13-14-18-16-8-2-4-10-20(16)26-24(18)23(17)25(19)21-11-5-6-12-22(21)27-26/h1-23H;3-14H,1-2H3;1-14H. The molecule has 0 bridgehead atoms. The molecule has 0 unspecified atom stereocenters. The first-order valence-corrected chi connectivity index (χ1v) is 33.2. The summed E-state index contributed by atoms with van der Waals surface area (Å²) in [6.07, 6.45) is 0. The molecule has 0 spiro atoms. The lowest BCUT2D eigenvalue weighted by atomic mass is 9.91. The van der Waals surface area contributed by atoms with E-state index >= 15 is 0 Å². The lowest BCUT2D eigenvalue weighted by Gasteiger charge is -2.29. The van der Waals surface area contributed by atoms with Gasteiger partial charge in [0.05, 0.1) is 70.9 Å². The maximum Gasteiger partial charge on any atom is 0.160 e. The normalized spacial score (nSPS) is 13.1. The monoisotopic (exact) mass is 1220 g/mol. The van der Waals surface area contributed by atoms with Crippen molar-refractivity contribution in [2.24, 2.45) is 0 Å². The second-order valence-electron chi connectivity index (χ2n) is 25.9. The van der Waals surface area contributed by atoms with Gasteiger partial charge in [0.25, 0.3) is 0 Å².